The molecule has 0 bridgehead atoms. The summed E-state index contributed by atoms with van der Waals surface area (Å²) in [7, 11) is 1.67. The molecule has 1 aromatic heterocycles. The smallest absolute Gasteiger partial charge is 0.221 e. The van der Waals surface area contributed by atoms with Crippen LogP contribution in [0.25, 0.3) is 0 Å². The molecule has 0 saturated heterocycles. The van der Waals surface area contributed by atoms with E-state index >= 15 is 0 Å². The monoisotopic (exact) mass is 430 g/mol. The van der Waals surface area contributed by atoms with Crippen LogP contribution in [0.1, 0.15) is 70.2 Å². The molecule has 164 valence electrons. The number of methoxy groups -OCH3 is 1. The minimum atomic E-state index is 0.149. The van der Waals surface area contributed by atoms with Crippen LogP contribution in [0.2, 0.25) is 0 Å². The Morgan fingerprint density at radius 3 is 2.87 bits per heavy atom. The minimum Gasteiger partial charge on any atom is -0.497 e. The highest BCUT2D eigenvalue weighted by Crippen LogP contribution is 2.24. The number of anilines is 1. The fourth-order valence-electron chi connectivity index (χ4n) is 3.89. The van der Waals surface area contributed by atoms with Crippen LogP contribution in [0.5, 0.6) is 5.75 Å². The van der Waals surface area contributed by atoms with Gasteiger partial charge >= 0.3 is 0 Å². The number of benzene rings is 1. The fourth-order valence-corrected chi connectivity index (χ4v) is 4.71. The molecule has 1 aliphatic rings. The lowest BCUT2D eigenvalue weighted by molar-refractivity contribution is -0.121. The van der Waals surface area contributed by atoms with Crippen LogP contribution in [0.4, 0.5) is 5.13 Å². The SMILES string of the molecule is CC[C@@H](C)N(CCC(=O)NC1CCCCC1)c1nc(Cc2cccc(OC)c2)ns1. The van der Waals surface area contributed by atoms with Gasteiger partial charge in [-0.15, -0.1) is 0 Å². The van der Waals surface area contributed by atoms with E-state index in [0.717, 1.165) is 41.5 Å². The van der Waals surface area contributed by atoms with Gasteiger partial charge in [0.1, 0.15) is 11.6 Å². The molecule has 0 spiro atoms. The number of ether oxygens (including phenoxy) is 1. The van der Waals surface area contributed by atoms with Gasteiger partial charge in [0.05, 0.1) is 7.11 Å². The maximum absolute atomic E-state index is 12.5. The Bertz CT molecular complexity index is 804. The summed E-state index contributed by atoms with van der Waals surface area (Å²) >= 11 is 1.42. The summed E-state index contributed by atoms with van der Waals surface area (Å²) in [6.07, 6.45) is 8.14. The number of aromatic nitrogens is 2. The molecule has 1 fully saturated rings. The highest BCUT2D eigenvalue weighted by atomic mass is 32.1. The zero-order chi connectivity index (χ0) is 21.3. The maximum Gasteiger partial charge on any atom is 0.221 e. The number of hydrogen-bond donors (Lipinski definition) is 1. The molecule has 1 N–H and O–H groups in total. The van der Waals surface area contributed by atoms with Crippen molar-refractivity contribution in [2.24, 2.45) is 0 Å². The predicted molar refractivity (Wildman–Crippen MR) is 122 cm³/mol. The van der Waals surface area contributed by atoms with Gasteiger partial charge in [-0.1, -0.05) is 38.3 Å². The Balaban J connectivity index is 1.60. The summed E-state index contributed by atoms with van der Waals surface area (Å²) in [5, 5.41) is 4.12. The quantitative estimate of drug-likeness (QED) is 0.597. The number of hydrogen-bond acceptors (Lipinski definition) is 6. The van der Waals surface area contributed by atoms with Crippen molar-refractivity contribution in [2.45, 2.75) is 77.3 Å². The van der Waals surface area contributed by atoms with E-state index in [1.165, 1.54) is 30.8 Å². The Morgan fingerprint density at radius 2 is 2.13 bits per heavy atom. The second-order valence-electron chi connectivity index (χ2n) is 8.12. The third kappa shape index (κ3) is 6.42. The normalized spacial score (nSPS) is 15.6. The lowest BCUT2D eigenvalue weighted by Crippen LogP contribution is -2.40. The molecular weight excluding hydrogens is 396 g/mol. The van der Waals surface area contributed by atoms with E-state index in [2.05, 4.69) is 34.5 Å². The number of carbonyl (C=O) groups excluding carboxylic acids is 1. The molecule has 1 aliphatic carbocycles. The van der Waals surface area contributed by atoms with Crippen molar-refractivity contribution in [3.8, 4) is 5.75 Å². The van der Waals surface area contributed by atoms with Crippen molar-refractivity contribution in [1.82, 2.24) is 14.7 Å². The predicted octanol–water partition coefficient (Wildman–Crippen LogP) is 4.58. The molecule has 6 nitrogen and oxygen atoms in total. The van der Waals surface area contributed by atoms with Gasteiger partial charge in [-0.25, -0.2) is 4.98 Å². The minimum absolute atomic E-state index is 0.149. The first-order valence-corrected chi connectivity index (χ1v) is 11.9. The van der Waals surface area contributed by atoms with Crippen LogP contribution in [0.3, 0.4) is 0 Å². The van der Waals surface area contributed by atoms with Gasteiger partial charge in [0, 0.05) is 43.0 Å². The lowest BCUT2D eigenvalue weighted by atomic mass is 9.95. The summed E-state index contributed by atoms with van der Waals surface area (Å²) in [5.41, 5.74) is 1.13. The van der Waals surface area contributed by atoms with E-state index in [1.807, 2.05) is 18.2 Å². The van der Waals surface area contributed by atoms with Gasteiger partial charge in [-0.05, 0) is 43.9 Å². The average molecular weight is 431 g/mol. The van der Waals surface area contributed by atoms with Gasteiger partial charge < -0.3 is 15.0 Å². The van der Waals surface area contributed by atoms with Crippen molar-refractivity contribution >= 4 is 22.6 Å². The Hall–Kier alpha value is -2.15. The molecule has 0 unspecified atom stereocenters. The highest BCUT2D eigenvalue weighted by Gasteiger charge is 2.21. The van der Waals surface area contributed by atoms with Crippen molar-refractivity contribution in [3.63, 3.8) is 0 Å². The molecule has 1 saturated carbocycles. The summed E-state index contributed by atoms with van der Waals surface area (Å²) in [4.78, 5) is 19.5. The van der Waals surface area contributed by atoms with E-state index in [1.54, 1.807) is 7.11 Å². The first kappa shape index (κ1) is 22.5. The number of rotatable bonds is 10. The molecule has 1 heterocycles. The average Bonchev–Trinajstić information content (AvgIpc) is 3.22. The molecule has 3 rings (SSSR count). The van der Waals surface area contributed by atoms with Crippen LogP contribution in [0.15, 0.2) is 24.3 Å². The molecule has 0 aliphatic heterocycles. The molecule has 30 heavy (non-hydrogen) atoms. The van der Waals surface area contributed by atoms with Gasteiger partial charge in [0.15, 0.2) is 0 Å². The van der Waals surface area contributed by atoms with E-state index in [9.17, 15) is 4.79 Å². The summed E-state index contributed by atoms with van der Waals surface area (Å²) in [5.74, 6) is 1.80. The summed E-state index contributed by atoms with van der Waals surface area (Å²) in [6, 6.07) is 8.67. The van der Waals surface area contributed by atoms with E-state index in [-0.39, 0.29) is 5.91 Å². The van der Waals surface area contributed by atoms with Gasteiger partial charge in [0.25, 0.3) is 0 Å². The van der Waals surface area contributed by atoms with Gasteiger partial charge in [-0.3, -0.25) is 4.79 Å². The zero-order valence-corrected chi connectivity index (χ0v) is 19.2. The van der Waals surface area contributed by atoms with Gasteiger partial charge in [-0.2, -0.15) is 4.37 Å². The Kier molecular flexibility index (Phi) is 8.49. The van der Waals surface area contributed by atoms with Crippen molar-refractivity contribution in [2.75, 3.05) is 18.6 Å². The zero-order valence-electron chi connectivity index (χ0n) is 18.4. The molecule has 1 aromatic carbocycles. The second kappa shape index (κ2) is 11.3. The highest BCUT2D eigenvalue weighted by molar-refractivity contribution is 7.09. The summed E-state index contributed by atoms with van der Waals surface area (Å²) in [6.45, 7) is 5.02. The topological polar surface area (TPSA) is 67.4 Å². The van der Waals surface area contributed by atoms with Crippen molar-refractivity contribution in [1.29, 1.82) is 0 Å². The molecule has 7 heteroatoms. The standard InChI is InChI=1S/C23H34N4O2S/c1-4-17(2)27(14-13-22(28)24-19-10-6-5-7-11-19)23-25-21(26-30-23)16-18-9-8-12-20(15-18)29-3/h8-9,12,15,17,19H,4-7,10-11,13-14,16H2,1-3H3,(H,24,28)/t17-/m1/s1. The molecule has 0 radical (unpaired) electrons. The third-order valence-electron chi connectivity index (χ3n) is 5.87. The van der Waals surface area contributed by atoms with E-state index in [4.69, 9.17) is 9.72 Å². The summed E-state index contributed by atoms with van der Waals surface area (Å²) < 4.78 is 9.88. The molecular formula is C23H34N4O2S. The van der Waals surface area contributed by atoms with E-state index in [0.29, 0.717) is 31.5 Å². The second-order valence-corrected chi connectivity index (χ2v) is 8.85. The molecule has 1 atom stereocenters. The van der Waals surface area contributed by atoms with Gasteiger partial charge in [0.2, 0.25) is 11.0 Å². The first-order chi connectivity index (χ1) is 14.6. The number of amides is 1. The van der Waals surface area contributed by atoms with E-state index < -0.39 is 0 Å². The Labute approximate surface area is 184 Å². The van der Waals surface area contributed by atoms with Crippen LogP contribution in [-0.4, -0.2) is 41.0 Å². The Morgan fingerprint density at radius 1 is 1.33 bits per heavy atom. The number of nitrogens with one attached hydrogen (secondary N) is 1. The van der Waals surface area contributed by atoms with Crippen molar-refractivity contribution in [3.05, 3.63) is 35.7 Å². The molecule has 2 aromatic rings. The van der Waals surface area contributed by atoms with Crippen LogP contribution >= 0.6 is 11.5 Å². The molecule has 1 amide bonds. The van der Waals surface area contributed by atoms with Crippen LogP contribution in [-0.2, 0) is 11.2 Å². The van der Waals surface area contributed by atoms with Crippen molar-refractivity contribution < 1.29 is 9.53 Å². The van der Waals surface area contributed by atoms with Crippen LogP contribution < -0.4 is 15.0 Å². The largest absolute Gasteiger partial charge is 0.497 e. The maximum atomic E-state index is 12.5. The lowest BCUT2D eigenvalue weighted by Gasteiger charge is -2.28. The fraction of sp³-hybridized carbons (Fsp3) is 0.609. The van der Waals surface area contributed by atoms with Crippen LogP contribution in [0, 0.1) is 0 Å². The number of nitrogens with zero attached hydrogens (tertiary/aromatic N) is 3. The number of carbonyl (C=O) groups is 1. The first-order valence-electron chi connectivity index (χ1n) is 11.1. The third-order valence-corrected chi connectivity index (χ3v) is 6.66.